The average Bonchev–Trinajstić information content (AvgIpc) is 2.49. The molecule has 2 heterocycles. The number of para-hydroxylation sites is 1. The molecule has 20 heavy (non-hydrogen) atoms. The number of aliphatic hydroxyl groups excluding tert-OH is 1. The molecule has 0 spiro atoms. The number of hydrogen-bond acceptors (Lipinski definition) is 5. The van der Waals surface area contributed by atoms with Gasteiger partial charge in [-0.3, -0.25) is 9.88 Å². The minimum Gasteiger partial charge on any atom is -0.396 e. The first-order chi connectivity index (χ1) is 9.79. The molecule has 1 fully saturated rings. The lowest BCUT2D eigenvalue weighted by Crippen LogP contribution is -2.47. The number of nitrogens with two attached hydrogens (primary N) is 1. The van der Waals surface area contributed by atoms with Gasteiger partial charge >= 0.3 is 0 Å². The molecule has 0 radical (unpaired) electrons. The van der Waals surface area contributed by atoms with E-state index >= 15 is 0 Å². The van der Waals surface area contributed by atoms with E-state index in [1.165, 1.54) is 0 Å². The predicted molar refractivity (Wildman–Crippen MR) is 81.9 cm³/mol. The molecule has 0 bridgehead atoms. The molecule has 1 aromatic carbocycles. The Kier molecular flexibility index (Phi) is 3.71. The van der Waals surface area contributed by atoms with Gasteiger partial charge in [-0.15, -0.1) is 0 Å². The molecule has 0 saturated carbocycles. The Morgan fingerprint density at radius 1 is 1.15 bits per heavy atom. The highest BCUT2D eigenvalue weighted by molar-refractivity contribution is 5.97. The number of pyridine rings is 1. The number of anilines is 2. The zero-order chi connectivity index (χ0) is 13.9. The van der Waals surface area contributed by atoms with Gasteiger partial charge in [0.25, 0.3) is 0 Å². The van der Waals surface area contributed by atoms with Gasteiger partial charge < -0.3 is 15.7 Å². The lowest BCUT2D eigenvalue weighted by Gasteiger charge is -2.36. The summed E-state index contributed by atoms with van der Waals surface area (Å²) in [6.45, 7) is 4.74. The fraction of sp³-hybridized carbons (Fsp3) is 0.400. The molecule has 5 nitrogen and oxygen atoms in total. The molecule has 1 aliphatic heterocycles. The highest BCUT2D eigenvalue weighted by Crippen LogP contribution is 2.31. The quantitative estimate of drug-likeness (QED) is 0.870. The summed E-state index contributed by atoms with van der Waals surface area (Å²) in [4.78, 5) is 8.99. The van der Waals surface area contributed by atoms with Gasteiger partial charge in [0.2, 0.25) is 0 Å². The van der Waals surface area contributed by atoms with E-state index in [1.54, 1.807) is 6.20 Å². The SMILES string of the molecule is Nc1cnc2ccccc2c1N1CCN(CCO)CC1. The molecule has 106 valence electrons. The maximum Gasteiger partial charge on any atom is 0.0745 e. The van der Waals surface area contributed by atoms with E-state index in [0.29, 0.717) is 0 Å². The summed E-state index contributed by atoms with van der Waals surface area (Å²) in [6, 6.07) is 8.11. The number of hydrogen-bond donors (Lipinski definition) is 2. The lowest BCUT2D eigenvalue weighted by atomic mass is 10.1. The summed E-state index contributed by atoms with van der Waals surface area (Å²) in [5, 5.41) is 10.1. The van der Waals surface area contributed by atoms with Gasteiger partial charge in [-0.25, -0.2) is 0 Å². The van der Waals surface area contributed by atoms with Crippen molar-refractivity contribution in [3.05, 3.63) is 30.5 Å². The molecule has 0 amide bonds. The molecule has 3 rings (SSSR count). The molecule has 2 aromatic rings. The summed E-state index contributed by atoms with van der Waals surface area (Å²) in [5.74, 6) is 0. The Morgan fingerprint density at radius 2 is 1.90 bits per heavy atom. The smallest absolute Gasteiger partial charge is 0.0745 e. The lowest BCUT2D eigenvalue weighted by molar-refractivity contribution is 0.189. The number of fused-ring (bicyclic) bond motifs is 1. The standard InChI is InChI=1S/C15H20N4O/c16-13-11-17-14-4-2-1-3-12(14)15(13)19-7-5-18(6-8-19)9-10-20/h1-4,11,20H,5-10,16H2. The molecule has 0 unspecified atom stereocenters. The van der Waals surface area contributed by atoms with Crippen LogP contribution in [-0.4, -0.2) is 54.3 Å². The minimum absolute atomic E-state index is 0.223. The van der Waals surface area contributed by atoms with Crippen LogP contribution in [0.3, 0.4) is 0 Å². The molecule has 1 aliphatic rings. The van der Waals surface area contributed by atoms with Gasteiger partial charge in [-0.05, 0) is 6.07 Å². The maximum atomic E-state index is 9.00. The summed E-state index contributed by atoms with van der Waals surface area (Å²) in [6.07, 6.45) is 1.75. The highest BCUT2D eigenvalue weighted by Gasteiger charge is 2.20. The Bertz CT molecular complexity index is 593. The summed E-state index contributed by atoms with van der Waals surface area (Å²) >= 11 is 0. The number of nitrogen functional groups attached to an aromatic ring is 1. The molecule has 3 N–H and O–H groups in total. The van der Waals surface area contributed by atoms with Crippen LogP contribution in [0.1, 0.15) is 0 Å². The van der Waals surface area contributed by atoms with Crippen LogP contribution in [0.4, 0.5) is 11.4 Å². The zero-order valence-electron chi connectivity index (χ0n) is 11.5. The Morgan fingerprint density at radius 3 is 2.65 bits per heavy atom. The van der Waals surface area contributed by atoms with Crippen LogP contribution in [0, 0.1) is 0 Å². The highest BCUT2D eigenvalue weighted by atomic mass is 16.3. The van der Waals surface area contributed by atoms with Crippen molar-refractivity contribution in [2.24, 2.45) is 0 Å². The van der Waals surface area contributed by atoms with Crippen molar-refractivity contribution in [1.82, 2.24) is 9.88 Å². The van der Waals surface area contributed by atoms with Crippen molar-refractivity contribution < 1.29 is 5.11 Å². The number of rotatable bonds is 3. The van der Waals surface area contributed by atoms with Crippen LogP contribution in [0.15, 0.2) is 30.5 Å². The number of benzene rings is 1. The molecule has 1 aromatic heterocycles. The Balaban J connectivity index is 1.89. The van der Waals surface area contributed by atoms with Crippen LogP contribution in [0.5, 0.6) is 0 Å². The maximum absolute atomic E-state index is 9.00. The van der Waals surface area contributed by atoms with Gasteiger partial charge in [-0.2, -0.15) is 0 Å². The van der Waals surface area contributed by atoms with Gasteiger partial charge in [0.15, 0.2) is 0 Å². The van der Waals surface area contributed by atoms with Crippen LogP contribution in [0.25, 0.3) is 10.9 Å². The van der Waals surface area contributed by atoms with E-state index in [4.69, 9.17) is 10.8 Å². The first-order valence-electron chi connectivity index (χ1n) is 7.01. The number of piperazine rings is 1. The van der Waals surface area contributed by atoms with Crippen molar-refractivity contribution in [1.29, 1.82) is 0 Å². The fourth-order valence-corrected chi connectivity index (χ4v) is 2.83. The van der Waals surface area contributed by atoms with Crippen molar-refractivity contribution in [2.75, 3.05) is 50.0 Å². The van der Waals surface area contributed by atoms with Crippen molar-refractivity contribution >= 4 is 22.3 Å². The second kappa shape index (κ2) is 5.64. The molecular weight excluding hydrogens is 252 g/mol. The normalized spacial score (nSPS) is 16.8. The predicted octanol–water partition coefficient (Wildman–Crippen LogP) is 0.931. The zero-order valence-corrected chi connectivity index (χ0v) is 11.5. The number of β-amino-alcohol motifs (C(OH)–C–C–N with tert-alkyl or cyclic N) is 1. The van der Waals surface area contributed by atoms with E-state index in [9.17, 15) is 0 Å². The van der Waals surface area contributed by atoms with Crippen LogP contribution < -0.4 is 10.6 Å². The number of aliphatic hydroxyl groups is 1. The first-order valence-corrected chi connectivity index (χ1v) is 7.01. The second-order valence-electron chi connectivity index (χ2n) is 5.13. The third kappa shape index (κ3) is 2.42. The summed E-state index contributed by atoms with van der Waals surface area (Å²) in [7, 11) is 0. The van der Waals surface area contributed by atoms with Crippen molar-refractivity contribution in [3.8, 4) is 0 Å². The molecule has 0 aliphatic carbocycles. The van der Waals surface area contributed by atoms with Gasteiger partial charge in [-0.1, -0.05) is 18.2 Å². The average molecular weight is 272 g/mol. The third-order valence-electron chi connectivity index (χ3n) is 3.88. The molecule has 0 atom stereocenters. The van der Waals surface area contributed by atoms with E-state index in [-0.39, 0.29) is 6.61 Å². The van der Waals surface area contributed by atoms with E-state index in [1.807, 2.05) is 18.2 Å². The van der Waals surface area contributed by atoms with Gasteiger partial charge in [0.1, 0.15) is 0 Å². The van der Waals surface area contributed by atoms with E-state index < -0.39 is 0 Å². The first kappa shape index (κ1) is 13.1. The second-order valence-corrected chi connectivity index (χ2v) is 5.13. The number of nitrogens with zero attached hydrogens (tertiary/aromatic N) is 3. The topological polar surface area (TPSA) is 65.6 Å². The monoisotopic (exact) mass is 272 g/mol. The Hall–Kier alpha value is -1.85. The van der Waals surface area contributed by atoms with E-state index in [0.717, 1.165) is 55.0 Å². The molecule has 5 heteroatoms. The van der Waals surface area contributed by atoms with Gasteiger partial charge in [0, 0.05) is 38.1 Å². The molecule has 1 saturated heterocycles. The van der Waals surface area contributed by atoms with Gasteiger partial charge in [0.05, 0.1) is 29.7 Å². The van der Waals surface area contributed by atoms with Crippen molar-refractivity contribution in [2.45, 2.75) is 0 Å². The minimum atomic E-state index is 0.223. The summed E-state index contributed by atoms with van der Waals surface area (Å²) < 4.78 is 0. The number of aromatic nitrogens is 1. The van der Waals surface area contributed by atoms with Crippen LogP contribution in [-0.2, 0) is 0 Å². The van der Waals surface area contributed by atoms with E-state index in [2.05, 4.69) is 20.9 Å². The van der Waals surface area contributed by atoms with Crippen LogP contribution in [0.2, 0.25) is 0 Å². The Labute approximate surface area is 118 Å². The van der Waals surface area contributed by atoms with Crippen molar-refractivity contribution in [3.63, 3.8) is 0 Å². The summed E-state index contributed by atoms with van der Waals surface area (Å²) in [5.41, 5.74) is 8.97. The third-order valence-corrected chi connectivity index (χ3v) is 3.88. The largest absolute Gasteiger partial charge is 0.396 e. The fourth-order valence-electron chi connectivity index (χ4n) is 2.83. The van der Waals surface area contributed by atoms with Crippen LogP contribution >= 0.6 is 0 Å². The molecular formula is C15H20N4O.